The summed E-state index contributed by atoms with van der Waals surface area (Å²) in [6, 6.07) is 17.3. The molecule has 0 aliphatic heterocycles. The van der Waals surface area contributed by atoms with Crippen LogP contribution in [0, 0.1) is 5.82 Å². The molecular formula is C28H20Br2Cl2FNO3. The first-order chi connectivity index (χ1) is 17.7. The average Bonchev–Trinajstić information content (AvgIpc) is 2.86. The highest BCUT2D eigenvalue weighted by atomic mass is 79.9. The first-order valence-corrected chi connectivity index (χ1v) is 13.3. The maximum absolute atomic E-state index is 17.0. The summed E-state index contributed by atoms with van der Waals surface area (Å²) in [5, 5.41) is 3.26. The van der Waals surface area contributed by atoms with E-state index in [1.165, 1.54) is 21.1 Å². The minimum absolute atomic E-state index is 0.127. The first kappa shape index (κ1) is 27.5. The molecule has 37 heavy (non-hydrogen) atoms. The molecular weight excluding hydrogens is 648 g/mol. The Morgan fingerprint density at radius 1 is 0.811 bits per heavy atom. The second kappa shape index (κ2) is 11.4. The number of methoxy groups -OCH3 is 2. The molecule has 0 bridgehead atoms. The number of carbonyl (C=O) groups is 1. The van der Waals surface area contributed by atoms with Crippen molar-refractivity contribution in [2.75, 3.05) is 19.5 Å². The molecule has 0 spiro atoms. The highest BCUT2D eigenvalue weighted by Gasteiger charge is 2.30. The number of amides is 1. The summed E-state index contributed by atoms with van der Waals surface area (Å²) < 4.78 is 29.7. The molecule has 0 aliphatic rings. The lowest BCUT2D eigenvalue weighted by Gasteiger charge is -2.24. The molecule has 0 aliphatic carbocycles. The largest absolute Gasteiger partial charge is 0.496 e. The van der Waals surface area contributed by atoms with Crippen molar-refractivity contribution in [3.63, 3.8) is 0 Å². The molecule has 0 unspecified atom stereocenters. The molecule has 0 saturated heterocycles. The van der Waals surface area contributed by atoms with Gasteiger partial charge >= 0.3 is 0 Å². The first-order valence-electron chi connectivity index (χ1n) is 10.9. The molecule has 0 fully saturated rings. The predicted octanol–water partition coefficient (Wildman–Crippen LogP) is 9.63. The lowest BCUT2D eigenvalue weighted by Crippen LogP contribution is -2.11. The molecule has 0 saturated carbocycles. The quantitative estimate of drug-likeness (QED) is 0.223. The van der Waals surface area contributed by atoms with Crippen molar-refractivity contribution in [2.24, 2.45) is 0 Å². The minimum atomic E-state index is -0.618. The van der Waals surface area contributed by atoms with E-state index in [-0.39, 0.29) is 21.8 Å². The van der Waals surface area contributed by atoms with E-state index in [1.807, 2.05) is 0 Å². The van der Waals surface area contributed by atoms with E-state index in [4.69, 9.17) is 32.7 Å². The van der Waals surface area contributed by atoms with Gasteiger partial charge in [-0.15, -0.1) is 0 Å². The summed E-state index contributed by atoms with van der Waals surface area (Å²) in [6.07, 6.45) is 0. The number of hydrogen-bond donors (Lipinski definition) is 1. The molecule has 4 rings (SSSR count). The van der Waals surface area contributed by atoms with Gasteiger partial charge in [-0.05, 0) is 54.1 Å². The summed E-state index contributed by atoms with van der Waals surface area (Å²) in [5.41, 5.74) is 2.13. The van der Waals surface area contributed by atoms with Crippen molar-refractivity contribution in [3.8, 4) is 44.9 Å². The monoisotopic (exact) mass is 665 g/mol. The zero-order valence-corrected chi connectivity index (χ0v) is 24.6. The maximum atomic E-state index is 17.0. The summed E-state index contributed by atoms with van der Waals surface area (Å²) in [6.45, 7) is 1.34. The second-order valence-corrected chi connectivity index (χ2v) is 10.7. The molecule has 4 aromatic carbocycles. The molecule has 190 valence electrons. The van der Waals surface area contributed by atoms with Crippen molar-refractivity contribution >= 4 is 66.7 Å². The molecule has 1 amide bonds. The molecule has 0 heterocycles. The van der Waals surface area contributed by atoms with Crippen molar-refractivity contribution in [2.45, 2.75) is 6.92 Å². The van der Waals surface area contributed by atoms with E-state index in [0.29, 0.717) is 38.8 Å². The van der Waals surface area contributed by atoms with Gasteiger partial charge < -0.3 is 14.8 Å². The summed E-state index contributed by atoms with van der Waals surface area (Å²) in [7, 11) is 3.01. The fourth-order valence-corrected chi connectivity index (χ4v) is 5.26. The second-order valence-electron chi connectivity index (χ2n) is 8.01. The van der Waals surface area contributed by atoms with Crippen LogP contribution in [0.3, 0.4) is 0 Å². The summed E-state index contributed by atoms with van der Waals surface area (Å²) in [5.74, 6) is -0.173. The zero-order chi connectivity index (χ0) is 26.9. The normalized spacial score (nSPS) is 10.8. The number of anilines is 1. The highest BCUT2D eigenvalue weighted by molar-refractivity contribution is 9.10. The standard InChI is InChI=1S/C28H20Br2Cl2FNO3/c1-14(35)34-28-23(15-4-6-16(29)7-5-15)27(33)25(20-13-18(31)9-11-22(20)37-3)24(26(28)32)19-12-17(30)8-10-21(19)36-2/h4-13H,1-3H3,(H,34,35). The Hall–Kier alpha value is -2.58. The third kappa shape index (κ3) is 5.50. The van der Waals surface area contributed by atoms with Crippen LogP contribution < -0.4 is 14.8 Å². The van der Waals surface area contributed by atoms with Gasteiger partial charge in [0.2, 0.25) is 5.91 Å². The summed E-state index contributed by atoms with van der Waals surface area (Å²) >= 11 is 20.4. The van der Waals surface area contributed by atoms with Crippen LogP contribution in [0.25, 0.3) is 33.4 Å². The van der Waals surface area contributed by atoms with E-state index >= 15 is 4.39 Å². The molecule has 9 heteroatoms. The highest BCUT2D eigenvalue weighted by Crippen LogP contribution is 2.53. The van der Waals surface area contributed by atoms with Gasteiger partial charge in [0.25, 0.3) is 0 Å². The smallest absolute Gasteiger partial charge is 0.221 e. The Bertz CT molecular complexity index is 1510. The molecule has 0 atom stereocenters. The fraction of sp³-hybridized carbons (Fsp3) is 0.107. The molecule has 0 radical (unpaired) electrons. The van der Waals surface area contributed by atoms with E-state index in [9.17, 15) is 4.79 Å². The zero-order valence-electron chi connectivity index (χ0n) is 19.9. The van der Waals surface area contributed by atoms with Gasteiger partial charge in [-0.25, -0.2) is 4.39 Å². The molecule has 4 nitrogen and oxygen atoms in total. The topological polar surface area (TPSA) is 47.6 Å². The summed E-state index contributed by atoms with van der Waals surface area (Å²) in [4.78, 5) is 12.3. The lowest BCUT2D eigenvalue weighted by molar-refractivity contribution is -0.114. The minimum Gasteiger partial charge on any atom is -0.496 e. The van der Waals surface area contributed by atoms with Crippen LogP contribution in [0.5, 0.6) is 11.5 Å². The Morgan fingerprint density at radius 3 is 1.97 bits per heavy atom. The third-order valence-electron chi connectivity index (χ3n) is 5.67. The van der Waals surface area contributed by atoms with Crippen LogP contribution in [0.4, 0.5) is 10.1 Å². The molecule has 1 N–H and O–H groups in total. The van der Waals surface area contributed by atoms with Crippen molar-refractivity contribution in [3.05, 3.63) is 85.5 Å². The van der Waals surface area contributed by atoms with E-state index < -0.39 is 11.7 Å². The lowest BCUT2D eigenvalue weighted by atomic mass is 9.88. The number of ether oxygens (including phenoxy) is 2. The Kier molecular flexibility index (Phi) is 8.49. The van der Waals surface area contributed by atoms with Crippen molar-refractivity contribution in [1.29, 1.82) is 0 Å². The van der Waals surface area contributed by atoms with E-state index in [2.05, 4.69) is 37.2 Å². The molecule has 0 aromatic heterocycles. The number of hydrogen-bond acceptors (Lipinski definition) is 3. The van der Waals surface area contributed by atoms with Gasteiger partial charge in [0.15, 0.2) is 0 Å². The van der Waals surface area contributed by atoms with Crippen molar-refractivity contribution in [1.82, 2.24) is 0 Å². The Morgan fingerprint density at radius 2 is 1.38 bits per heavy atom. The van der Waals surface area contributed by atoms with Gasteiger partial charge in [0.05, 0.1) is 24.9 Å². The third-order valence-corrected chi connectivity index (χ3v) is 7.31. The van der Waals surface area contributed by atoms with Gasteiger partial charge in [0, 0.05) is 48.7 Å². The Labute approximate surface area is 241 Å². The molecule has 4 aromatic rings. The van der Waals surface area contributed by atoms with Crippen LogP contribution in [0.2, 0.25) is 10.0 Å². The van der Waals surface area contributed by atoms with Gasteiger partial charge in [-0.2, -0.15) is 0 Å². The van der Waals surface area contributed by atoms with E-state index in [1.54, 1.807) is 60.7 Å². The van der Waals surface area contributed by atoms with Crippen LogP contribution in [0.1, 0.15) is 6.92 Å². The number of rotatable bonds is 6. The van der Waals surface area contributed by atoms with E-state index in [0.717, 1.165) is 8.95 Å². The van der Waals surface area contributed by atoms with Crippen LogP contribution in [-0.2, 0) is 4.79 Å². The number of halogens is 5. The number of nitrogens with one attached hydrogen (secondary N) is 1. The van der Waals surface area contributed by atoms with Gasteiger partial charge in [-0.1, -0.05) is 67.2 Å². The van der Waals surface area contributed by atoms with Crippen molar-refractivity contribution < 1.29 is 18.7 Å². The SMILES string of the molecule is COc1ccc(Cl)cc1-c1c(F)c(-c2ccc(Br)cc2)c(NC(C)=O)c(Cl)c1-c1cc(Br)ccc1OC. The van der Waals surface area contributed by atoms with Crippen LogP contribution in [-0.4, -0.2) is 20.1 Å². The Balaban J connectivity index is 2.26. The number of benzene rings is 4. The van der Waals surface area contributed by atoms with Crippen LogP contribution >= 0.6 is 55.1 Å². The van der Waals surface area contributed by atoms with Gasteiger partial charge in [0.1, 0.15) is 17.3 Å². The average molecular weight is 668 g/mol. The van der Waals surface area contributed by atoms with Crippen LogP contribution in [0.15, 0.2) is 69.6 Å². The maximum Gasteiger partial charge on any atom is 0.221 e. The predicted molar refractivity (Wildman–Crippen MR) is 156 cm³/mol. The number of carbonyl (C=O) groups excluding carboxylic acids is 1. The fourth-order valence-electron chi connectivity index (χ4n) is 4.13. The van der Waals surface area contributed by atoms with Gasteiger partial charge in [-0.3, -0.25) is 4.79 Å².